The molecular weight excluding hydrogens is 186 g/mol. The van der Waals surface area contributed by atoms with Gasteiger partial charge in [-0.15, -0.1) is 0 Å². The highest BCUT2D eigenvalue weighted by Crippen LogP contribution is 2.11. The summed E-state index contributed by atoms with van der Waals surface area (Å²) in [6.07, 6.45) is 0. The van der Waals surface area contributed by atoms with Crippen molar-refractivity contribution in [2.24, 2.45) is 0 Å². The Morgan fingerprint density at radius 2 is 2.15 bits per heavy atom. The fraction of sp³-hybridized carbons (Fsp3) is 0.111. The van der Waals surface area contributed by atoms with Crippen LogP contribution in [0.15, 0.2) is 36.3 Å². The highest BCUT2D eigenvalue weighted by Gasteiger charge is 2.02. The van der Waals surface area contributed by atoms with Gasteiger partial charge >= 0.3 is 0 Å². The molecule has 0 amide bonds. The molecule has 13 heavy (non-hydrogen) atoms. The summed E-state index contributed by atoms with van der Waals surface area (Å²) in [5.41, 5.74) is 1.56. The predicted octanol–water partition coefficient (Wildman–Crippen LogP) is 1.88. The lowest BCUT2D eigenvalue weighted by Crippen LogP contribution is -2.08. The number of sulfonamides is 1. The van der Waals surface area contributed by atoms with Crippen molar-refractivity contribution in [2.75, 3.05) is 4.72 Å². The molecule has 1 N–H and O–H groups in total. The maximum absolute atomic E-state index is 11.1. The first kappa shape index (κ1) is 9.80. The van der Waals surface area contributed by atoms with Crippen LogP contribution in [0.1, 0.15) is 5.56 Å². The van der Waals surface area contributed by atoms with Gasteiger partial charge in [0.05, 0.1) is 0 Å². The minimum Gasteiger partial charge on any atom is -0.280 e. The Balaban J connectivity index is 2.93. The first-order valence-corrected chi connectivity index (χ1v) is 5.30. The van der Waals surface area contributed by atoms with Crippen molar-refractivity contribution in [1.82, 2.24) is 0 Å². The maximum Gasteiger partial charge on any atom is 0.254 e. The van der Waals surface area contributed by atoms with Crippen LogP contribution in [0.25, 0.3) is 0 Å². The third-order valence-electron chi connectivity index (χ3n) is 1.50. The highest BCUT2D eigenvalue weighted by molar-refractivity contribution is 7.95. The van der Waals surface area contributed by atoms with E-state index in [1.165, 1.54) is 0 Å². The van der Waals surface area contributed by atoms with Gasteiger partial charge in [-0.05, 0) is 24.6 Å². The lowest BCUT2D eigenvalue weighted by molar-refractivity contribution is 0.609. The summed E-state index contributed by atoms with van der Waals surface area (Å²) < 4.78 is 24.5. The quantitative estimate of drug-likeness (QED) is 0.804. The van der Waals surface area contributed by atoms with Crippen LogP contribution in [0.5, 0.6) is 0 Å². The molecule has 0 aliphatic carbocycles. The molecule has 1 aromatic rings. The van der Waals surface area contributed by atoms with Gasteiger partial charge in [0.1, 0.15) is 0 Å². The number of rotatable bonds is 3. The summed E-state index contributed by atoms with van der Waals surface area (Å²) >= 11 is 0. The third-order valence-corrected chi connectivity index (χ3v) is 2.46. The standard InChI is InChI=1S/C9H11NO2S/c1-3-13(11,12)10-9-6-4-5-8(2)7-9/h3-7,10H,1H2,2H3. The van der Waals surface area contributed by atoms with E-state index in [4.69, 9.17) is 0 Å². The van der Waals surface area contributed by atoms with Gasteiger partial charge in [-0.25, -0.2) is 8.42 Å². The number of aryl methyl sites for hydroxylation is 1. The molecule has 0 saturated carbocycles. The van der Waals surface area contributed by atoms with Crippen molar-refractivity contribution in [1.29, 1.82) is 0 Å². The van der Waals surface area contributed by atoms with Gasteiger partial charge in [-0.3, -0.25) is 4.72 Å². The molecule has 1 aromatic carbocycles. The lowest BCUT2D eigenvalue weighted by Gasteiger charge is -2.03. The molecule has 0 fully saturated rings. The van der Waals surface area contributed by atoms with Crippen molar-refractivity contribution in [3.05, 3.63) is 41.8 Å². The molecule has 0 aliphatic heterocycles. The van der Waals surface area contributed by atoms with Crippen molar-refractivity contribution in [3.63, 3.8) is 0 Å². The summed E-state index contributed by atoms with van der Waals surface area (Å²) in [7, 11) is -3.38. The van der Waals surface area contributed by atoms with E-state index in [0.29, 0.717) is 5.69 Å². The zero-order chi connectivity index (χ0) is 9.90. The second kappa shape index (κ2) is 3.62. The van der Waals surface area contributed by atoms with Gasteiger partial charge in [0, 0.05) is 11.1 Å². The minimum atomic E-state index is -3.38. The molecule has 0 bridgehead atoms. The molecule has 0 radical (unpaired) electrons. The van der Waals surface area contributed by atoms with Crippen molar-refractivity contribution < 1.29 is 8.42 Å². The van der Waals surface area contributed by atoms with E-state index in [1.807, 2.05) is 13.0 Å². The number of hydrogen-bond acceptors (Lipinski definition) is 2. The average molecular weight is 197 g/mol. The highest BCUT2D eigenvalue weighted by atomic mass is 32.2. The molecule has 0 aliphatic rings. The normalized spacial score (nSPS) is 10.8. The maximum atomic E-state index is 11.1. The van der Waals surface area contributed by atoms with Crippen LogP contribution in [-0.2, 0) is 10.0 Å². The van der Waals surface area contributed by atoms with Gasteiger partial charge < -0.3 is 0 Å². The fourth-order valence-electron chi connectivity index (χ4n) is 0.914. The Morgan fingerprint density at radius 1 is 1.46 bits per heavy atom. The van der Waals surface area contributed by atoms with E-state index in [0.717, 1.165) is 11.0 Å². The number of benzene rings is 1. The van der Waals surface area contributed by atoms with Crippen molar-refractivity contribution >= 4 is 15.7 Å². The van der Waals surface area contributed by atoms with Gasteiger partial charge in [0.25, 0.3) is 10.0 Å². The molecule has 0 heterocycles. The lowest BCUT2D eigenvalue weighted by atomic mass is 10.2. The molecule has 0 unspecified atom stereocenters. The van der Waals surface area contributed by atoms with Crippen LogP contribution < -0.4 is 4.72 Å². The molecule has 0 spiro atoms. The first-order valence-electron chi connectivity index (χ1n) is 3.75. The van der Waals surface area contributed by atoms with Crippen LogP contribution in [0, 0.1) is 6.92 Å². The van der Waals surface area contributed by atoms with Gasteiger partial charge in [0.15, 0.2) is 0 Å². The van der Waals surface area contributed by atoms with Gasteiger partial charge in [-0.1, -0.05) is 18.7 Å². The molecular formula is C9H11NO2S. The van der Waals surface area contributed by atoms with Crippen LogP contribution in [-0.4, -0.2) is 8.42 Å². The first-order chi connectivity index (χ1) is 6.03. The Morgan fingerprint density at radius 3 is 2.69 bits per heavy atom. The second-order valence-electron chi connectivity index (χ2n) is 2.68. The zero-order valence-corrected chi connectivity index (χ0v) is 8.14. The van der Waals surface area contributed by atoms with Crippen LogP contribution in [0.2, 0.25) is 0 Å². The van der Waals surface area contributed by atoms with E-state index in [2.05, 4.69) is 11.3 Å². The summed E-state index contributed by atoms with van der Waals surface area (Å²) in [4.78, 5) is 0. The Labute approximate surface area is 78.1 Å². The monoisotopic (exact) mass is 197 g/mol. The van der Waals surface area contributed by atoms with E-state index in [9.17, 15) is 8.42 Å². The molecule has 0 saturated heterocycles. The molecule has 4 heteroatoms. The Hall–Kier alpha value is -1.29. The summed E-state index contributed by atoms with van der Waals surface area (Å²) in [6, 6.07) is 7.12. The Kier molecular flexibility index (Phi) is 2.72. The molecule has 70 valence electrons. The summed E-state index contributed by atoms with van der Waals surface area (Å²) in [5, 5.41) is 0.884. The van der Waals surface area contributed by atoms with E-state index < -0.39 is 10.0 Å². The van der Waals surface area contributed by atoms with E-state index in [1.54, 1.807) is 18.2 Å². The van der Waals surface area contributed by atoms with E-state index in [-0.39, 0.29) is 0 Å². The topological polar surface area (TPSA) is 46.2 Å². The zero-order valence-electron chi connectivity index (χ0n) is 7.32. The fourth-order valence-corrected chi connectivity index (χ4v) is 1.45. The smallest absolute Gasteiger partial charge is 0.254 e. The van der Waals surface area contributed by atoms with Crippen molar-refractivity contribution in [2.45, 2.75) is 6.92 Å². The molecule has 0 atom stereocenters. The minimum absolute atomic E-state index is 0.555. The van der Waals surface area contributed by atoms with Crippen LogP contribution >= 0.6 is 0 Å². The van der Waals surface area contributed by atoms with Crippen molar-refractivity contribution in [3.8, 4) is 0 Å². The SMILES string of the molecule is C=CS(=O)(=O)Nc1cccc(C)c1. The number of hydrogen-bond donors (Lipinski definition) is 1. The molecule has 0 aromatic heterocycles. The largest absolute Gasteiger partial charge is 0.280 e. The van der Waals surface area contributed by atoms with Crippen LogP contribution in [0.3, 0.4) is 0 Å². The third kappa shape index (κ3) is 2.91. The van der Waals surface area contributed by atoms with Crippen LogP contribution in [0.4, 0.5) is 5.69 Å². The average Bonchev–Trinajstić information content (AvgIpc) is 2.03. The van der Waals surface area contributed by atoms with E-state index >= 15 is 0 Å². The summed E-state index contributed by atoms with van der Waals surface area (Å²) in [5.74, 6) is 0. The van der Waals surface area contributed by atoms with Gasteiger partial charge in [-0.2, -0.15) is 0 Å². The predicted molar refractivity (Wildman–Crippen MR) is 53.9 cm³/mol. The number of anilines is 1. The van der Waals surface area contributed by atoms with Gasteiger partial charge in [0.2, 0.25) is 0 Å². The molecule has 1 rings (SSSR count). The molecule has 3 nitrogen and oxygen atoms in total. The Bertz CT molecular complexity index is 409. The number of nitrogens with one attached hydrogen (secondary N) is 1. The summed E-state index contributed by atoms with van der Waals surface area (Å²) in [6.45, 7) is 5.10. The second-order valence-corrected chi connectivity index (χ2v) is 4.31.